The van der Waals surface area contributed by atoms with E-state index in [1.165, 1.54) is 0 Å². The fourth-order valence-corrected chi connectivity index (χ4v) is 2.33. The molecule has 0 saturated carbocycles. The molecule has 96 valence electrons. The molecule has 6 nitrogen and oxygen atoms in total. The summed E-state index contributed by atoms with van der Waals surface area (Å²) in [6.07, 6.45) is 2.87. The second-order valence-electron chi connectivity index (χ2n) is 4.56. The quantitative estimate of drug-likeness (QED) is 0.857. The highest BCUT2D eigenvalue weighted by Crippen LogP contribution is 2.24. The van der Waals surface area contributed by atoms with Crippen LogP contribution in [-0.2, 0) is 4.74 Å². The number of rotatable bonds is 4. The van der Waals surface area contributed by atoms with Gasteiger partial charge in [-0.1, -0.05) is 6.92 Å². The third-order valence-electron chi connectivity index (χ3n) is 3.27. The summed E-state index contributed by atoms with van der Waals surface area (Å²) in [5, 5.41) is 16.2. The van der Waals surface area contributed by atoms with Gasteiger partial charge in [-0.2, -0.15) is 9.61 Å². The molecule has 2 unspecified atom stereocenters. The highest BCUT2D eigenvalue weighted by atomic mass is 16.5. The lowest BCUT2D eigenvalue weighted by atomic mass is 10.0. The molecule has 18 heavy (non-hydrogen) atoms. The Hall–Kier alpha value is -1.53. The predicted molar refractivity (Wildman–Crippen MR) is 66.4 cm³/mol. The van der Waals surface area contributed by atoms with Crippen molar-refractivity contribution in [1.29, 1.82) is 0 Å². The number of aromatic nitrogens is 4. The van der Waals surface area contributed by atoms with E-state index in [0.29, 0.717) is 12.6 Å². The first kappa shape index (κ1) is 11.6. The van der Waals surface area contributed by atoms with E-state index in [-0.39, 0.29) is 5.92 Å². The topological polar surface area (TPSA) is 64.3 Å². The summed E-state index contributed by atoms with van der Waals surface area (Å²) >= 11 is 0. The summed E-state index contributed by atoms with van der Waals surface area (Å²) in [6, 6.07) is 4.08. The summed E-state index contributed by atoms with van der Waals surface area (Å²) < 4.78 is 7.37. The van der Waals surface area contributed by atoms with Gasteiger partial charge in [0.2, 0.25) is 0 Å². The van der Waals surface area contributed by atoms with E-state index in [0.717, 1.165) is 31.0 Å². The number of nitrogens with zero attached hydrogens (tertiary/aromatic N) is 4. The van der Waals surface area contributed by atoms with E-state index >= 15 is 0 Å². The number of ether oxygens (including phenoxy) is 1. The van der Waals surface area contributed by atoms with Gasteiger partial charge in [-0.25, -0.2) is 0 Å². The monoisotopic (exact) mass is 247 g/mol. The summed E-state index contributed by atoms with van der Waals surface area (Å²) in [6.45, 7) is 4.56. The van der Waals surface area contributed by atoms with Gasteiger partial charge in [0.25, 0.3) is 0 Å². The third kappa shape index (κ3) is 1.97. The van der Waals surface area contributed by atoms with Crippen LogP contribution < -0.4 is 5.32 Å². The van der Waals surface area contributed by atoms with Gasteiger partial charge in [-0.05, 0) is 25.1 Å². The molecular weight excluding hydrogens is 230 g/mol. The van der Waals surface area contributed by atoms with Gasteiger partial charge in [0.05, 0.1) is 19.1 Å². The molecule has 1 fully saturated rings. The highest BCUT2D eigenvalue weighted by molar-refractivity contribution is 5.35. The van der Waals surface area contributed by atoms with Crippen LogP contribution in [0.25, 0.3) is 5.65 Å². The van der Waals surface area contributed by atoms with Gasteiger partial charge in [-0.3, -0.25) is 0 Å². The molecule has 3 rings (SSSR count). The molecule has 1 aliphatic heterocycles. The van der Waals surface area contributed by atoms with E-state index in [1.807, 2.05) is 12.1 Å². The van der Waals surface area contributed by atoms with Gasteiger partial charge in [0.1, 0.15) is 0 Å². The highest BCUT2D eigenvalue weighted by Gasteiger charge is 2.32. The van der Waals surface area contributed by atoms with Crippen LogP contribution in [0.4, 0.5) is 0 Å². The Balaban J connectivity index is 1.88. The molecule has 0 aromatic carbocycles. The van der Waals surface area contributed by atoms with Crippen LogP contribution in [-0.4, -0.2) is 45.6 Å². The van der Waals surface area contributed by atoms with Crippen molar-refractivity contribution < 1.29 is 4.74 Å². The van der Waals surface area contributed by atoms with E-state index < -0.39 is 0 Å². The molecule has 0 amide bonds. The van der Waals surface area contributed by atoms with Crippen LogP contribution in [0.15, 0.2) is 18.3 Å². The molecule has 1 N–H and O–H groups in total. The summed E-state index contributed by atoms with van der Waals surface area (Å²) in [5.41, 5.74) is 0.786. The maximum absolute atomic E-state index is 5.57. The molecule has 2 aromatic rings. The van der Waals surface area contributed by atoms with Gasteiger partial charge >= 0.3 is 0 Å². The fourth-order valence-electron chi connectivity index (χ4n) is 2.33. The Labute approximate surface area is 105 Å². The van der Waals surface area contributed by atoms with Crippen molar-refractivity contribution >= 4 is 5.65 Å². The van der Waals surface area contributed by atoms with Crippen LogP contribution >= 0.6 is 0 Å². The van der Waals surface area contributed by atoms with Crippen LogP contribution in [0.1, 0.15) is 25.1 Å². The lowest BCUT2D eigenvalue weighted by Crippen LogP contribution is -2.35. The van der Waals surface area contributed by atoms with Gasteiger partial charge in [0.15, 0.2) is 11.5 Å². The van der Waals surface area contributed by atoms with E-state index in [1.54, 1.807) is 10.7 Å². The van der Waals surface area contributed by atoms with Gasteiger partial charge < -0.3 is 10.1 Å². The average Bonchev–Trinajstić information content (AvgIpc) is 3.02. The first-order valence-electron chi connectivity index (χ1n) is 6.37. The first-order valence-corrected chi connectivity index (χ1v) is 6.37. The first-order chi connectivity index (χ1) is 8.90. The van der Waals surface area contributed by atoms with Crippen molar-refractivity contribution in [3.8, 4) is 0 Å². The van der Waals surface area contributed by atoms with Crippen LogP contribution in [0.2, 0.25) is 0 Å². The van der Waals surface area contributed by atoms with Crippen molar-refractivity contribution in [1.82, 2.24) is 25.1 Å². The maximum Gasteiger partial charge on any atom is 0.177 e. The molecule has 2 aromatic heterocycles. The second kappa shape index (κ2) is 4.99. The molecule has 0 aliphatic carbocycles. The number of hydrogen-bond acceptors (Lipinski definition) is 5. The third-order valence-corrected chi connectivity index (χ3v) is 3.27. The number of hydrogen-bond donors (Lipinski definition) is 1. The van der Waals surface area contributed by atoms with E-state index in [4.69, 9.17) is 4.74 Å². The molecule has 0 bridgehead atoms. The molecule has 3 heterocycles. The summed E-state index contributed by atoms with van der Waals surface area (Å²) in [5.74, 6) is 1.11. The lowest BCUT2D eigenvalue weighted by molar-refractivity contribution is 0.187. The average molecular weight is 247 g/mol. The Bertz CT molecular complexity index is 526. The Kier molecular flexibility index (Phi) is 3.21. The largest absolute Gasteiger partial charge is 0.379 e. The van der Waals surface area contributed by atoms with Crippen LogP contribution in [0.5, 0.6) is 0 Å². The molecule has 0 spiro atoms. The molecule has 1 saturated heterocycles. The van der Waals surface area contributed by atoms with Crippen LogP contribution in [0.3, 0.4) is 0 Å². The zero-order valence-corrected chi connectivity index (χ0v) is 10.4. The second-order valence-corrected chi connectivity index (χ2v) is 4.56. The normalized spacial score (nSPS) is 23.8. The zero-order valence-electron chi connectivity index (χ0n) is 10.4. The lowest BCUT2D eigenvalue weighted by Gasteiger charge is -2.16. The SMILES string of the molecule is CCCNC1COCC1c1nnc2cccnn12. The minimum atomic E-state index is 0.224. The standard InChI is InChI=1S/C12H17N5O/c1-2-5-13-10-8-18-7-9(10)12-16-15-11-4-3-6-14-17(11)12/h3-4,6,9-10,13H,2,5,7-8H2,1H3. The van der Waals surface area contributed by atoms with Crippen molar-refractivity contribution in [2.75, 3.05) is 19.8 Å². The van der Waals surface area contributed by atoms with Crippen molar-refractivity contribution in [3.05, 3.63) is 24.2 Å². The smallest absolute Gasteiger partial charge is 0.177 e. The number of fused-ring (bicyclic) bond motifs is 1. The number of nitrogens with one attached hydrogen (secondary N) is 1. The van der Waals surface area contributed by atoms with E-state index in [2.05, 4.69) is 27.5 Å². The Morgan fingerprint density at radius 3 is 3.28 bits per heavy atom. The molecule has 6 heteroatoms. The maximum atomic E-state index is 5.57. The van der Waals surface area contributed by atoms with Gasteiger partial charge in [-0.15, -0.1) is 10.2 Å². The predicted octanol–water partition coefficient (Wildman–Crippen LogP) is 0.606. The fraction of sp³-hybridized carbons (Fsp3) is 0.583. The Morgan fingerprint density at radius 2 is 2.39 bits per heavy atom. The summed E-state index contributed by atoms with van der Waals surface area (Å²) in [7, 11) is 0. The minimum Gasteiger partial charge on any atom is -0.379 e. The van der Waals surface area contributed by atoms with Crippen molar-refractivity contribution in [2.24, 2.45) is 0 Å². The van der Waals surface area contributed by atoms with E-state index in [9.17, 15) is 0 Å². The molecule has 1 aliphatic rings. The summed E-state index contributed by atoms with van der Waals surface area (Å²) in [4.78, 5) is 0. The molecule has 2 atom stereocenters. The van der Waals surface area contributed by atoms with Crippen molar-refractivity contribution in [2.45, 2.75) is 25.3 Å². The zero-order chi connectivity index (χ0) is 12.4. The Morgan fingerprint density at radius 1 is 1.44 bits per heavy atom. The van der Waals surface area contributed by atoms with Gasteiger partial charge in [0, 0.05) is 12.2 Å². The minimum absolute atomic E-state index is 0.224. The van der Waals surface area contributed by atoms with Crippen molar-refractivity contribution in [3.63, 3.8) is 0 Å². The molecular formula is C12H17N5O. The van der Waals surface area contributed by atoms with Crippen LogP contribution in [0, 0.1) is 0 Å². The molecule has 0 radical (unpaired) electrons.